The maximum Gasteiger partial charge on any atom is 0.336 e. The maximum absolute atomic E-state index is 13.8. The summed E-state index contributed by atoms with van der Waals surface area (Å²) < 4.78 is 5.32. The van der Waals surface area contributed by atoms with E-state index in [0.717, 1.165) is 0 Å². The van der Waals surface area contributed by atoms with Gasteiger partial charge in [-0.2, -0.15) is 0 Å². The molecule has 17 nitrogen and oxygen atoms in total. The van der Waals surface area contributed by atoms with Crippen LogP contribution in [0.1, 0.15) is 19.3 Å². The highest BCUT2D eigenvalue weighted by Gasteiger charge is 2.40. The summed E-state index contributed by atoms with van der Waals surface area (Å²) in [5, 5.41) is 34.1. The van der Waals surface area contributed by atoms with Gasteiger partial charge in [0.25, 0.3) is 11.8 Å². The fourth-order valence-corrected chi connectivity index (χ4v) is 4.15. The molecule has 0 radical (unpaired) electrons. The monoisotopic (exact) mass is 602 g/mol. The predicted octanol–water partition coefficient (Wildman–Crippen LogP) is -2.21. The van der Waals surface area contributed by atoms with Crippen LogP contribution in [0.4, 0.5) is 5.69 Å². The van der Waals surface area contributed by atoms with Crippen molar-refractivity contribution in [1.29, 1.82) is 5.41 Å². The molecule has 232 valence electrons. The van der Waals surface area contributed by atoms with Crippen molar-refractivity contribution in [3.63, 3.8) is 0 Å². The molecule has 0 fully saturated rings. The first-order valence-electron chi connectivity index (χ1n) is 12.8. The van der Waals surface area contributed by atoms with Crippen molar-refractivity contribution in [2.45, 2.75) is 37.4 Å². The van der Waals surface area contributed by atoms with Gasteiger partial charge >= 0.3 is 11.9 Å². The Morgan fingerprint density at radius 2 is 1.65 bits per heavy atom. The number of rotatable bonds is 16. The van der Waals surface area contributed by atoms with Gasteiger partial charge in [0.15, 0.2) is 5.96 Å². The number of anilines is 1. The normalized spacial score (nSPS) is 12.7. The average Bonchev–Trinajstić information content (AvgIpc) is 2.94. The first-order chi connectivity index (χ1) is 20.3. The molecule has 0 aromatic heterocycles. The number of nitrogens with zero attached hydrogens (tertiary/aromatic N) is 1. The summed E-state index contributed by atoms with van der Waals surface area (Å²) in [4.78, 5) is 75.4. The minimum absolute atomic E-state index is 0.115. The number of benzene rings is 2. The number of guanidine groups is 1. The third kappa shape index (κ3) is 9.28. The molecule has 4 amide bonds. The Morgan fingerprint density at radius 1 is 1.00 bits per heavy atom. The van der Waals surface area contributed by atoms with Crippen molar-refractivity contribution in [3.05, 3.63) is 36.4 Å². The third-order valence-corrected chi connectivity index (χ3v) is 6.12. The number of ether oxygens (including phenoxy) is 1. The van der Waals surface area contributed by atoms with Crippen molar-refractivity contribution in [2.75, 3.05) is 25.1 Å². The van der Waals surface area contributed by atoms with Crippen LogP contribution in [0.2, 0.25) is 0 Å². The van der Waals surface area contributed by atoms with Gasteiger partial charge in [-0.05, 0) is 25.0 Å². The van der Waals surface area contributed by atoms with Gasteiger partial charge in [0.05, 0.1) is 31.8 Å². The lowest BCUT2D eigenvalue weighted by atomic mass is 10.0. The van der Waals surface area contributed by atoms with Gasteiger partial charge in [0.1, 0.15) is 11.8 Å². The number of nitrogens with one attached hydrogen (secondary N) is 4. The van der Waals surface area contributed by atoms with Crippen molar-refractivity contribution < 1.29 is 43.7 Å². The number of primary amides is 1. The quantitative estimate of drug-likeness (QED) is 0.0427. The van der Waals surface area contributed by atoms with E-state index in [1.165, 1.54) is 25.3 Å². The zero-order chi connectivity index (χ0) is 32.3. The summed E-state index contributed by atoms with van der Waals surface area (Å²) >= 11 is 0. The van der Waals surface area contributed by atoms with Crippen LogP contribution >= 0.6 is 0 Å². The summed E-state index contributed by atoms with van der Waals surface area (Å²) in [5.41, 5.74) is 16.2. The molecule has 43 heavy (non-hydrogen) atoms. The molecule has 0 bridgehead atoms. The summed E-state index contributed by atoms with van der Waals surface area (Å²) in [6, 6.07) is 3.89. The first kappa shape index (κ1) is 33.8. The van der Waals surface area contributed by atoms with Crippen LogP contribution in [0.5, 0.6) is 5.75 Å². The smallest absolute Gasteiger partial charge is 0.336 e. The predicted molar refractivity (Wildman–Crippen MR) is 153 cm³/mol. The molecular formula is C26H34N8O9. The largest absolute Gasteiger partial charge is 0.496 e. The number of aliphatic carboxylic acids is 2. The Morgan fingerprint density at radius 3 is 2.21 bits per heavy atom. The molecule has 2 aromatic rings. The van der Waals surface area contributed by atoms with Crippen molar-refractivity contribution in [2.24, 2.45) is 17.2 Å². The molecule has 0 heterocycles. The number of fused-ring (bicyclic) bond motifs is 1. The lowest BCUT2D eigenvalue weighted by Crippen LogP contribution is -2.59. The second kappa shape index (κ2) is 15.5. The zero-order valence-corrected chi connectivity index (χ0v) is 23.2. The summed E-state index contributed by atoms with van der Waals surface area (Å²) in [5.74, 6) is -7.63. The van der Waals surface area contributed by atoms with Gasteiger partial charge in [-0.25, -0.2) is 4.79 Å². The highest BCUT2D eigenvalue weighted by molar-refractivity contribution is 6.17. The molecule has 2 rings (SSSR count). The fraction of sp³-hybridized carbons (Fsp3) is 0.346. The Bertz CT molecular complexity index is 1390. The number of methoxy groups -OCH3 is 1. The van der Waals surface area contributed by atoms with Gasteiger partial charge in [-0.3, -0.25) is 34.3 Å². The van der Waals surface area contributed by atoms with E-state index >= 15 is 0 Å². The van der Waals surface area contributed by atoms with E-state index in [2.05, 4.69) is 16.0 Å². The summed E-state index contributed by atoms with van der Waals surface area (Å²) in [6.07, 6.45) is -0.435. The molecule has 12 N–H and O–H groups in total. The number of nitrogens with two attached hydrogens (primary N) is 3. The number of carboxylic acid groups (broad SMARTS) is 2. The van der Waals surface area contributed by atoms with E-state index in [1.54, 1.807) is 18.2 Å². The Hall–Kier alpha value is -5.45. The fourth-order valence-electron chi connectivity index (χ4n) is 4.15. The van der Waals surface area contributed by atoms with Crippen LogP contribution in [0.25, 0.3) is 10.8 Å². The second-order valence-corrected chi connectivity index (χ2v) is 9.21. The number of hydrogen-bond acceptors (Lipinski definition) is 9. The van der Waals surface area contributed by atoms with Gasteiger partial charge < -0.3 is 48.1 Å². The van der Waals surface area contributed by atoms with Crippen molar-refractivity contribution >= 4 is 58.0 Å². The van der Waals surface area contributed by atoms with E-state index in [0.29, 0.717) is 29.0 Å². The molecule has 17 heteroatoms. The molecule has 0 aliphatic heterocycles. The minimum atomic E-state index is -2.28. The number of amides is 4. The highest BCUT2D eigenvalue weighted by atomic mass is 16.5. The van der Waals surface area contributed by atoms with E-state index in [-0.39, 0.29) is 23.5 Å². The van der Waals surface area contributed by atoms with Gasteiger partial charge in [-0.1, -0.05) is 24.3 Å². The lowest BCUT2D eigenvalue weighted by Gasteiger charge is -2.31. The average molecular weight is 603 g/mol. The topological polar surface area (TPSA) is 293 Å². The lowest BCUT2D eigenvalue weighted by molar-refractivity contribution is -0.144. The Labute approximate surface area is 245 Å². The Kier molecular flexibility index (Phi) is 12.2. The van der Waals surface area contributed by atoms with Gasteiger partial charge in [0.2, 0.25) is 17.9 Å². The summed E-state index contributed by atoms with van der Waals surface area (Å²) in [7, 11) is 1.39. The third-order valence-electron chi connectivity index (χ3n) is 6.12. The highest BCUT2D eigenvalue weighted by Crippen LogP contribution is 2.35. The van der Waals surface area contributed by atoms with Gasteiger partial charge in [0, 0.05) is 17.3 Å². The Balaban J connectivity index is 2.36. The van der Waals surface area contributed by atoms with Crippen LogP contribution in [0, 0.1) is 5.41 Å². The number of carbonyl (C=O) groups excluding carboxylic acids is 4. The van der Waals surface area contributed by atoms with E-state index < -0.39 is 66.7 Å². The summed E-state index contributed by atoms with van der Waals surface area (Å²) in [6.45, 7) is -0.413. The van der Waals surface area contributed by atoms with Crippen LogP contribution in [0.15, 0.2) is 36.4 Å². The minimum Gasteiger partial charge on any atom is -0.496 e. The molecule has 0 saturated heterocycles. The van der Waals surface area contributed by atoms with Crippen molar-refractivity contribution in [3.8, 4) is 5.75 Å². The maximum atomic E-state index is 13.8. The number of carboxylic acids is 2. The standard InChI is InChI=1S/C26H34N8O9/c1-43-18-9-8-17(13-5-2-3-6-14(13)18)34(21(22(28)38)25(41)42)24(40)16(11-20(36)37)33-19(35)12-32-23(39)15(27)7-4-10-31-26(29)30/h2-3,5-6,8-9,15-16,21H,4,7,10-12,27H2,1H3,(H2,28,38)(H,32,39)(H,33,35)(H,36,37)(H,41,42)(H4,29,30,31)/t15-,16-,21-/m0/s1. The van der Waals surface area contributed by atoms with E-state index in [4.69, 9.17) is 27.3 Å². The van der Waals surface area contributed by atoms with Crippen LogP contribution in [-0.2, 0) is 28.8 Å². The molecule has 0 aliphatic rings. The molecule has 0 aliphatic carbocycles. The molecule has 3 atom stereocenters. The first-order valence-corrected chi connectivity index (χ1v) is 12.8. The second-order valence-electron chi connectivity index (χ2n) is 9.21. The SMILES string of the molecule is COc1ccc(N(C(=O)[C@H](CC(=O)O)NC(=O)CNC(=O)[C@@H](N)CCCNC(=N)N)[C@@H](C(N)=O)C(=O)O)c2ccccc12. The zero-order valence-electron chi connectivity index (χ0n) is 23.2. The molecule has 0 saturated carbocycles. The van der Waals surface area contributed by atoms with Crippen LogP contribution in [0.3, 0.4) is 0 Å². The van der Waals surface area contributed by atoms with Crippen molar-refractivity contribution in [1.82, 2.24) is 16.0 Å². The molecule has 0 spiro atoms. The van der Waals surface area contributed by atoms with Crippen LogP contribution < -0.4 is 42.8 Å². The van der Waals surface area contributed by atoms with Crippen LogP contribution in [-0.4, -0.2) is 90.1 Å². The number of hydrogen-bond donors (Lipinski definition) is 9. The number of carbonyl (C=O) groups is 6. The van der Waals surface area contributed by atoms with Gasteiger partial charge in [-0.15, -0.1) is 0 Å². The van der Waals surface area contributed by atoms with E-state index in [1.807, 2.05) is 0 Å². The molecular weight excluding hydrogens is 568 g/mol. The van der Waals surface area contributed by atoms with E-state index in [9.17, 15) is 39.0 Å². The molecule has 0 unspecified atom stereocenters. The molecule has 2 aromatic carbocycles.